The van der Waals surface area contributed by atoms with Crippen LogP contribution in [0.1, 0.15) is 99.1 Å². The van der Waals surface area contributed by atoms with E-state index in [1.165, 1.54) is 94.8 Å². The minimum Gasteiger partial charge on any atom is -0.317 e. The third-order valence-electron chi connectivity index (χ3n) is 8.42. The van der Waals surface area contributed by atoms with E-state index in [4.69, 9.17) is 5.10 Å². The van der Waals surface area contributed by atoms with E-state index < -0.39 is 0 Å². The molecule has 1 saturated carbocycles. The largest absolute Gasteiger partial charge is 0.317 e. The van der Waals surface area contributed by atoms with Crippen LogP contribution in [0.15, 0.2) is 72.9 Å². The van der Waals surface area contributed by atoms with Crippen LogP contribution in [0.5, 0.6) is 0 Å². The van der Waals surface area contributed by atoms with Crippen molar-refractivity contribution in [2.75, 3.05) is 13.1 Å². The number of aryl methyl sites for hydroxylation is 2. The minimum absolute atomic E-state index is 0.542. The Morgan fingerprint density at radius 3 is 2.41 bits per heavy atom. The Bertz CT molecular complexity index is 1390. The summed E-state index contributed by atoms with van der Waals surface area (Å²) < 4.78 is 2.30. The van der Waals surface area contributed by atoms with Crippen LogP contribution in [0.25, 0.3) is 22.0 Å². The summed E-state index contributed by atoms with van der Waals surface area (Å²) in [6, 6.07) is 25.7. The average Bonchev–Trinajstić information content (AvgIpc) is 3.41. The Morgan fingerprint density at radius 1 is 0.897 bits per heavy atom. The molecule has 4 aromatic rings. The summed E-state index contributed by atoms with van der Waals surface area (Å²) in [5.74, 6) is 0. The van der Waals surface area contributed by atoms with Crippen LogP contribution in [0.2, 0.25) is 0 Å². The second-order valence-corrected chi connectivity index (χ2v) is 11.2. The van der Waals surface area contributed by atoms with Crippen molar-refractivity contribution >= 4 is 22.0 Å². The van der Waals surface area contributed by atoms with E-state index in [2.05, 4.69) is 104 Å². The summed E-state index contributed by atoms with van der Waals surface area (Å²) in [6.45, 7) is 8.94. The maximum atomic E-state index is 4.88. The topological polar surface area (TPSA) is 29.9 Å². The molecule has 0 bridgehead atoms. The number of nitrogens with one attached hydrogen (secondary N) is 1. The van der Waals surface area contributed by atoms with Crippen LogP contribution in [0.4, 0.5) is 0 Å². The van der Waals surface area contributed by atoms with Crippen LogP contribution in [0, 0.1) is 6.92 Å². The lowest BCUT2D eigenvalue weighted by Gasteiger charge is -2.23. The van der Waals surface area contributed by atoms with E-state index in [1.54, 1.807) is 0 Å². The quantitative estimate of drug-likeness (QED) is 0.158. The Labute approximate surface area is 235 Å². The zero-order valence-corrected chi connectivity index (χ0v) is 24.2. The molecule has 1 aromatic heterocycles. The average molecular weight is 520 g/mol. The highest BCUT2D eigenvalue weighted by Gasteiger charge is 2.20. The fourth-order valence-corrected chi connectivity index (χ4v) is 6.31. The van der Waals surface area contributed by atoms with Gasteiger partial charge in [0.2, 0.25) is 0 Å². The molecule has 1 aliphatic rings. The lowest BCUT2D eigenvalue weighted by Crippen LogP contribution is -2.16. The lowest BCUT2D eigenvalue weighted by atomic mass is 9.86. The first kappa shape index (κ1) is 27.4. The first-order valence-electron chi connectivity index (χ1n) is 15.3. The molecule has 204 valence electrons. The van der Waals surface area contributed by atoms with Gasteiger partial charge >= 0.3 is 0 Å². The second-order valence-electron chi connectivity index (χ2n) is 11.2. The van der Waals surface area contributed by atoms with Gasteiger partial charge in [0.05, 0.1) is 17.8 Å². The van der Waals surface area contributed by atoms with Gasteiger partial charge in [0.25, 0.3) is 0 Å². The van der Waals surface area contributed by atoms with Gasteiger partial charge in [-0.3, -0.25) is 4.68 Å². The van der Waals surface area contributed by atoms with Gasteiger partial charge in [-0.15, -0.1) is 0 Å². The molecule has 1 heterocycles. The second kappa shape index (κ2) is 13.3. The van der Waals surface area contributed by atoms with Crippen LogP contribution in [0.3, 0.4) is 0 Å². The van der Waals surface area contributed by atoms with Crippen molar-refractivity contribution < 1.29 is 0 Å². The molecule has 3 aromatic carbocycles. The third-order valence-corrected chi connectivity index (χ3v) is 8.42. The highest BCUT2D eigenvalue weighted by atomic mass is 15.3. The van der Waals surface area contributed by atoms with Gasteiger partial charge in [0.1, 0.15) is 0 Å². The first-order chi connectivity index (χ1) is 19.2. The molecule has 0 atom stereocenters. The maximum Gasteiger partial charge on any atom is 0.0686 e. The molecule has 3 nitrogen and oxygen atoms in total. The summed E-state index contributed by atoms with van der Waals surface area (Å²) in [5.41, 5.74) is 10.7. The number of hydrogen-bond donors (Lipinski definition) is 1. The molecule has 5 rings (SSSR count). The Balaban J connectivity index is 1.53. The molecule has 1 aliphatic carbocycles. The molecule has 0 radical (unpaired) electrons. The summed E-state index contributed by atoms with van der Waals surface area (Å²) in [5, 5.41) is 9.65. The number of aromatic nitrogens is 2. The first-order valence-corrected chi connectivity index (χ1v) is 15.3. The number of rotatable bonds is 11. The van der Waals surface area contributed by atoms with E-state index in [1.807, 2.05) is 0 Å². The van der Waals surface area contributed by atoms with Crippen LogP contribution in [-0.4, -0.2) is 22.9 Å². The third kappa shape index (κ3) is 6.36. The number of allylic oxidation sites excluding steroid dienone is 1. The standard InChI is InChI=1S/C36H45N3/c1-4-23-37-24-11-13-28-17-19-29(20-18-28)36(33(5-2)34-16-10-9-12-27(34)3)30-21-22-35-31(25-30)26-38-39(35)32-14-7-6-8-15-32/h9-10,12,16-22,25-26,32,37H,4-8,11,13-15,23-24H2,1-3H3/b36-33+. The molecule has 1 fully saturated rings. The molecule has 0 aliphatic heterocycles. The van der Waals surface area contributed by atoms with Crippen molar-refractivity contribution in [1.82, 2.24) is 15.1 Å². The SMILES string of the molecule is CCCNCCCc1ccc(/C(=C(/CC)c2ccccc2C)c2ccc3c(cnn3C3CCCCC3)c2)cc1. The molecule has 39 heavy (non-hydrogen) atoms. The lowest BCUT2D eigenvalue weighted by molar-refractivity contribution is 0.337. The number of nitrogens with zero attached hydrogens (tertiary/aromatic N) is 2. The van der Waals surface area contributed by atoms with E-state index in [-0.39, 0.29) is 0 Å². The summed E-state index contributed by atoms with van der Waals surface area (Å²) in [4.78, 5) is 0. The minimum atomic E-state index is 0.542. The predicted octanol–water partition coefficient (Wildman–Crippen LogP) is 9.15. The fourth-order valence-electron chi connectivity index (χ4n) is 6.31. The Morgan fingerprint density at radius 2 is 1.67 bits per heavy atom. The Kier molecular flexibility index (Phi) is 9.32. The van der Waals surface area contributed by atoms with Crippen LogP contribution in [-0.2, 0) is 6.42 Å². The van der Waals surface area contributed by atoms with E-state index in [0.717, 1.165) is 25.9 Å². The monoisotopic (exact) mass is 519 g/mol. The van der Waals surface area contributed by atoms with E-state index >= 15 is 0 Å². The van der Waals surface area contributed by atoms with Gasteiger partial charge in [-0.2, -0.15) is 5.10 Å². The van der Waals surface area contributed by atoms with Crippen molar-refractivity contribution in [3.63, 3.8) is 0 Å². The highest BCUT2D eigenvalue weighted by Crippen LogP contribution is 2.38. The highest BCUT2D eigenvalue weighted by molar-refractivity contribution is 6.00. The number of fused-ring (bicyclic) bond motifs is 1. The van der Waals surface area contributed by atoms with Gasteiger partial charge in [0, 0.05) is 5.39 Å². The van der Waals surface area contributed by atoms with E-state index in [0.29, 0.717) is 6.04 Å². The van der Waals surface area contributed by atoms with Gasteiger partial charge < -0.3 is 5.32 Å². The molecule has 0 unspecified atom stereocenters. The normalized spacial score (nSPS) is 15.1. The number of benzene rings is 3. The van der Waals surface area contributed by atoms with Crippen molar-refractivity contribution in [3.8, 4) is 0 Å². The van der Waals surface area contributed by atoms with E-state index in [9.17, 15) is 0 Å². The van der Waals surface area contributed by atoms with Crippen molar-refractivity contribution in [1.29, 1.82) is 0 Å². The zero-order chi connectivity index (χ0) is 27.0. The molecule has 1 N–H and O–H groups in total. The van der Waals surface area contributed by atoms with Gasteiger partial charge in [-0.25, -0.2) is 0 Å². The summed E-state index contributed by atoms with van der Waals surface area (Å²) in [7, 11) is 0. The Hall–Kier alpha value is -3.17. The zero-order valence-electron chi connectivity index (χ0n) is 24.2. The molecule has 0 spiro atoms. The summed E-state index contributed by atoms with van der Waals surface area (Å²) >= 11 is 0. The molecular formula is C36H45N3. The van der Waals surface area contributed by atoms with Crippen molar-refractivity contribution in [2.45, 2.75) is 84.6 Å². The van der Waals surface area contributed by atoms with Crippen molar-refractivity contribution in [3.05, 3.63) is 101 Å². The smallest absolute Gasteiger partial charge is 0.0686 e. The van der Waals surface area contributed by atoms with Gasteiger partial charge in [-0.05, 0) is 110 Å². The molecule has 0 saturated heterocycles. The van der Waals surface area contributed by atoms with Crippen LogP contribution < -0.4 is 5.32 Å². The molecular weight excluding hydrogens is 474 g/mol. The van der Waals surface area contributed by atoms with Crippen LogP contribution >= 0.6 is 0 Å². The van der Waals surface area contributed by atoms with Gasteiger partial charge in [0.15, 0.2) is 0 Å². The maximum absolute atomic E-state index is 4.88. The predicted molar refractivity (Wildman–Crippen MR) is 167 cm³/mol. The van der Waals surface area contributed by atoms with Crippen molar-refractivity contribution in [2.24, 2.45) is 0 Å². The molecule has 3 heteroatoms. The fraction of sp³-hybridized carbons (Fsp3) is 0.417. The van der Waals surface area contributed by atoms with Gasteiger partial charge in [-0.1, -0.05) is 87.7 Å². The molecule has 0 amide bonds. The number of hydrogen-bond acceptors (Lipinski definition) is 2. The summed E-state index contributed by atoms with van der Waals surface area (Å²) in [6.07, 6.45) is 13.0.